The molecule has 1 aliphatic heterocycles. The zero-order valence-electron chi connectivity index (χ0n) is 22.4. The number of nitrogens with one attached hydrogen (secondary N) is 1. The fourth-order valence-corrected chi connectivity index (χ4v) is 4.52. The molecule has 1 aliphatic rings. The molecule has 10 heteroatoms. The van der Waals surface area contributed by atoms with Crippen LogP contribution in [0.5, 0.6) is 0 Å². The molecule has 2 aromatic heterocycles. The third-order valence-corrected chi connectivity index (χ3v) is 6.39. The second-order valence-corrected chi connectivity index (χ2v) is 11.0. The van der Waals surface area contributed by atoms with E-state index < -0.39 is 11.5 Å². The number of pyridine rings is 1. The van der Waals surface area contributed by atoms with Crippen LogP contribution in [-0.4, -0.2) is 50.4 Å². The summed E-state index contributed by atoms with van der Waals surface area (Å²) in [4.78, 5) is 31.8. The second kappa shape index (κ2) is 11.9. The lowest BCUT2D eigenvalue weighted by Gasteiger charge is -2.34. The van der Waals surface area contributed by atoms with E-state index in [1.54, 1.807) is 27.9 Å². The van der Waals surface area contributed by atoms with Crippen molar-refractivity contribution >= 4 is 29.4 Å². The van der Waals surface area contributed by atoms with E-state index in [1.807, 2.05) is 33.8 Å². The summed E-state index contributed by atoms with van der Waals surface area (Å²) >= 11 is 6.36. The van der Waals surface area contributed by atoms with Crippen LogP contribution in [0, 0.1) is 30.5 Å². The standard InChI is InChI=1S/C29H31ClFN5O3/c1-19-14-21(8-7-20-9-11-23(31)12-10-20)15-32-26(19)34-27(37)25-24(30)16-33-36(25)18-22-6-5-13-35(17-22)28(38)39-29(2,3)4/h9-12,14-16,22H,5-6,13,17-18H2,1-4H3,(H,32,34,37)/t22-/m1/s1. The van der Waals surface area contributed by atoms with Crippen molar-refractivity contribution in [1.29, 1.82) is 0 Å². The average molecular weight is 552 g/mol. The van der Waals surface area contributed by atoms with E-state index in [9.17, 15) is 14.0 Å². The third-order valence-electron chi connectivity index (χ3n) is 6.12. The molecule has 0 spiro atoms. The number of hydrogen-bond donors (Lipinski definition) is 1. The number of nitrogens with zero attached hydrogens (tertiary/aromatic N) is 4. The fourth-order valence-electron chi connectivity index (χ4n) is 4.30. The van der Waals surface area contributed by atoms with E-state index in [2.05, 4.69) is 27.2 Å². The van der Waals surface area contributed by atoms with E-state index in [4.69, 9.17) is 16.3 Å². The Morgan fingerprint density at radius 1 is 1.18 bits per heavy atom. The molecule has 0 radical (unpaired) electrons. The number of aromatic nitrogens is 3. The molecule has 2 amide bonds. The van der Waals surface area contributed by atoms with Crippen LogP contribution in [0.1, 0.15) is 60.8 Å². The van der Waals surface area contributed by atoms with Crippen LogP contribution in [0.4, 0.5) is 15.0 Å². The number of rotatable bonds is 4. The number of piperidine rings is 1. The van der Waals surface area contributed by atoms with Crippen LogP contribution in [0.25, 0.3) is 0 Å². The van der Waals surface area contributed by atoms with Gasteiger partial charge in [0, 0.05) is 37.0 Å². The molecule has 1 N–H and O–H groups in total. The number of anilines is 1. The molecule has 3 aromatic rings. The van der Waals surface area contributed by atoms with Gasteiger partial charge in [0.05, 0.1) is 11.2 Å². The van der Waals surface area contributed by atoms with Crippen LogP contribution in [-0.2, 0) is 11.3 Å². The van der Waals surface area contributed by atoms with Crippen LogP contribution < -0.4 is 5.32 Å². The Morgan fingerprint density at radius 2 is 1.90 bits per heavy atom. The maximum atomic E-state index is 13.2. The van der Waals surface area contributed by atoms with Gasteiger partial charge in [-0.15, -0.1) is 0 Å². The molecule has 0 bridgehead atoms. The number of carbonyl (C=O) groups is 2. The van der Waals surface area contributed by atoms with Crippen molar-refractivity contribution in [3.05, 3.63) is 75.9 Å². The first-order valence-corrected chi connectivity index (χ1v) is 13.1. The number of carbonyl (C=O) groups excluding carboxylic acids is 2. The molecule has 204 valence electrons. The first kappa shape index (κ1) is 28.1. The Hall–Kier alpha value is -3.90. The maximum Gasteiger partial charge on any atom is 0.410 e. The molecule has 0 unspecified atom stereocenters. The molecule has 1 saturated heterocycles. The van der Waals surface area contributed by atoms with E-state index >= 15 is 0 Å². The Morgan fingerprint density at radius 3 is 2.59 bits per heavy atom. The van der Waals surface area contributed by atoms with E-state index in [0.29, 0.717) is 36.6 Å². The van der Waals surface area contributed by atoms with Gasteiger partial charge in [-0.3, -0.25) is 9.48 Å². The first-order chi connectivity index (χ1) is 18.5. The Labute approximate surface area is 232 Å². The van der Waals surface area contributed by atoms with Crippen molar-refractivity contribution < 1.29 is 18.7 Å². The average Bonchev–Trinajstić information content (AvgIpc) is 3.24. The molecular weight excluding hydrogens is 521 g/mol. The molecule has 4 rings (SSSR count). The van der Waals surface area contributed by atoms with Crippen LogP contribution in [0.2, 0.25) is 5.02 Å². The second-order valence-electron chi connectivity index (χ2n) is 10.6. The molecular formula is C29H31ClFN5O3. The smallest absolute Gasteiger partial charge is 0.410 e. The number of benzene rings is 1. The highest BCUT2D eigenvalue weighted by Gasteiger charge is 2.29. The highest BCUT2D eigenvalue weighted by Crippen LogP contribution is 2.24. The summed E-state index contributed by atoms with van der Waals surface area (Å²) in [5, 5.41) is 7.37. The molecule has 1 fully saturated rings. The number of hydrogen-bond acceptors (Lipinski definition) is 5. The SMILES string of the molecule is Cc1cc(C#Cc2ccc(F)cc2)cnc1NC(=O)c1c(Cl)cnn1C[C@@H]1CCCN(C(=O)OC(C)(C)C)C1. The predicted octanol–water partition coefficient (Wildman–Crippen LogP) is 5.68. The summed E-state index contributed by atoms with van der Waals surface area (Å²) in [6, 6.07) is 7.73. The monoisotopic (exact) mass is 551 g/mol. The lowest BCUT2D eigenvalue weighted by molar-refractivity contribution is 0.0154. The molecule has 0 aliphatic carbocycles. The quantitative estimate of drug-likeness (QED) is 0.421. The highest BCUT2D eigenvalue weighted by molar-refractivity contribution is 6.34. The highest BCUT2D eigenvalue weighted by atomic mass is 35.5. The number of aryl methyl sites for hydroxylation is 1. The number of ether oxygens (including phenoxy) is 1. The third kappa shape index (κ3) is 7.58. The van der Waals surface area contributed by atoms with Crippen molar-refractivity contribution in [2.24, 2.45) is 5.92 Å². The number of halogens is 2. The molecule has 1 aromatic carbocycles. The molecule has 1 atom stereocenters. The minimum absolute atomic E-state index is 0.0904. The lowest BCUT2D eigenvalue weighted by Crippen LogP contribution is -2.44. The summed E-state index contributed by atoms with van der Waals surface area (Å²) in [6.07, 6.45) is 4.39. The van der Waals surface area contributed by atoms with Crippen molar-refractivity contribution in [3.8, 4) is 11.8 Å². The van der Waals surface area contributed by atoms with Gasteiger partial charge in [-0.2, -0.15) is 5.10 Å². The van der Waals surface area contributed by atoms with Crippen LogP contribution >= 0.6 is 11.6 Å². The van der Waals surface area contributed by atoms with Gasteiger partial charge in [-0.25, -0.2) is 14.2 Å². The maximum absolute atomic E-state index is 13.2. The minimum atomic E-state index is -0.565. The predicted molar refractivity (Wildman–Crippen MR) is 147 cm³/mol. The zero-order chi connectivity index (χ0) is 28.2. The van der Waals surface area contributed by atoms with Crippen molar-refractivity contribution in [2.75, 3.05) is 18.4 Å². The van der Waals surface area contributed by atoms with Crippen molar-refractivity contribution in [3.63, 3.8) is 0 Å². The number of likely N-dealkylation sites (tertiary alicyclic amines) is 1. The van der Waals surface area contributed by atoms with Crippen molar-refractivity contribution in [1.82, 2.24) is 19.7 Å². The molecule has 39 heavy (non-hydrogen) atoms. The largest absolute Gasteiger partial charge is 0.444 e. The summed E-state index contributed by atoms with van der Waals surface area (Å²) in [5.74, 6) is 5.68. The summed E-state index contributed by atoms with van der Waals surface area (Å²) in [7, 11) is 0. The normalized spacial score (nSPS) is 15.3. The Balaban J connectivity index is 1.43. The summed E-state index contributed by atoms with van der Waals surface area (Å²) in [5.41, 5.74) is 1.72. The summed E-state index contributed by atoms with van der Waals surface area (Å²) in [6.45, 7) is 8.91. The molecule has 8 nitrogen and oxygen atoms in total. The van der Waals surface area contributed by atoms with Gasteiger partial charge in [0.25, 0.3) is 5.91 Å². The fraction of sp³-hybridized carbons (Fsp3) is 0.379. The Kier molecular flexibility index (Phi) is 8.56. The van der Waals surface area contributed by atoms with Gasteiger partial charge < -0.3 is 15.0 Å². The van der Waals surface area contributed by atoms with Gasteiger partial charge in [0.2, 0.25) is 0 Å². The first-order valence-electron chi connectivity index (χ1n) is 12.7. The van der Waals surface area contributed by atoms with Crippen molar-refractivity contribution in [2.45, 2.75) is 52.7 Å². The Bertz CT molecular complexity index is 1420. The van der Waals surface area contributed by atoms with E-state index in [-0.39, 0.29) is 28.5 Å². The van der Waals surface area contributed by atoms with Gasteiger partial charge in [-0.05, 0) is 82.3 Å². The van der Waals surface area contributed by atoms with Gasteiger partial charge in [0.1, 0.15) is 22.9 Å². The molecule has 0 saturated carbocycles. The zero-order valence-corrected chi connectivity index (χ0v) is 23.2. The van der Waals surface area contributed by atoms with Gasteiger partial charge in [-0.1, -0.05) is 23.4 Å². The lowest BCUT2D eigenvalue weighted by atomic mass is 9.98. The topological polar surface area (TPSA) is 89.4 Å². The number of amides is 2. The van der Waals surface area contributed by atoms with Gasteiger partial charge in [0.15, 0.2) is 0 Å². The molecule has 3 heterocycles. The van der Waals surface area contributed by atoms with Crippen LogP contribution in [0.3, 0.4) is 0 Å². The van der Waals surface area contributed by atoms with E-state index in [0.717, 1.165) is 18.4 Å². The van der Waals surface area contributed by atoms with Gasteiger partial charge >= 0.3 is 6.09 Å². The minimum Gasteiger partial charge on any atom is -0.444 e. The van der Waals surface area contributed by atoms with Crippen LogP contribution in [0.15, 0.2) is 42.7 Å². The van der Waals surface area contributed by atoms with E-state index in [1.165, 1.54) is 18.3 Å². The summed E-state index contributed by atoms with van der Waals surface area (Å²) < 4.78 is 20.2.